The van der Waals surface area contributed by atoms with Gasteiger partial charge in [-0.15, -0.1) is 0 Å². The van der Waals surface area contributed by atoms with Crippen LogP contribution in [-0.4, -0.2) is 25.4 Å². The largest absolute Gasteiger partial charge is 0.449 e. The van der Waals surface area contributed by atoms with Crippen LogP contribution in [0, 0.1) is 0 Å². The molecule has 0 spiro atoms. The first-order valence-corrected chi connectivity index (χ1v) is 4.67. The lowest BCUT2D eigenvalue weighted by Gasteiger charge is -2.07. The van der Waals surface area contributed by atoms with Crippen LogP contribution in [0.5, 0.6) is 0 Å². The minimum atomic E-state index is -0.720. The Bertz CT molecular complexity index is 228. The van der Waals surface area contributed by atoms with Gasteiger partial charge in [0.15, 0.2) is 0 Å². The maximum Gasteiger partial charge on any atom is 0.426 e. The maximum absolute atomic E-state index is 10.9. The molecule has 6 nitrogen and oxygen atoms in total. The summed E-state index contributed by atoms with van der Waals surface area (Å²) in [4.78, 5) is 21.6. The van der Waals surface area contributed by atoms with E-state index in [1.54, 1.807) is 6.92 Å². The van der Waals surface area contributed by atoms with E-state index in [1.807, 2.05) is 29.9 Å². The first kappa shape index (κ1) is 13.3. The van der Waals surface area contributed by atoms with Crippen LogP contribution in [0.15, 0.2) is 12.2 Å². The summed E-state index contributed by atoms with van der Waals surface area (Å²) in [6, 6.07) is 0. The normalized spacial score (nSPS) is 9.73. The lowest BCUT2D eigenvalue weighted by Crippen LogP contribution is -2.42. The van der Waals surface area contributed by atoms with Gasteiger partial charge < -0.3 is 9.47 Å². The second-order valence-corrected chi connectivity index (χ2v) is 2.46. The quantitative estimate of drug-likeness (QED) is 0.422. The number of rotatable bonds is 4. The van der Waals surface area contributed by atoms with Crippen molar-refractivity contribution in [2.75, 3.05) is 13.2 Å². The summed E-state index contributed by atoms with van der Waals surface area (Å²) in [6.07, 6.45) is 2.93. The van der Waals surface area contributed by atoms with E-state index in [1.165, 1.54) is 0 Å². The lowest BCUT2D eigenvalue weighted by molar-refractivity contribution is 0.128. The van der Waals surface area contributed by atoms with Gasteiger partial charge >= 0.3 is 12.2 Å². The number of carbonyl (C=O) groups excluding carboxylic acids is 2. The van der Waals surface area contributed by atoms with Gasteiger partial charge in [0.1, 0.15) is 0 Å². The van der Waals surface area contributed by atoms with Crippen LogP contribution in [0.25, 0.3) is 0 Å². The average molecular weight is 216 g/mol. The molecule has 0 unspecified atom stereocenters. The van der Waals surface area contributed by atoms with Gasteiger partial charge in [-0.3, -0.25) is 0 Å². The standard InChI is InChI=1S/C9H16N2O4/c1-3-5-6-7-15-9(13)11-10-8(12)14-4-2/h3,5H,4,6-7H2,1-2H3,(H,10,12)(H,11,13)/b5-3+. The van der Waals surface area contributed by atoms with Gasteiger partial charge in [-0.25, -0.2) is 20.4 Å². The second kappa shape index (κ2) is 8.86. The first-order valence-electron chi connectivity index (χ1n) is 4.67. The Morgan fingerprint density at radius 1 is 1.20 bits per heavy atom. The molecule has 0 aromatic heterocycles. The third kappa shape index (κ3) is 8.61. The zero-order valence-electron chi connectivity index (χ0n) is 8.91. The smallest absolute Gasteiger partial charge is 0.426 e. The predicted octanol–water partition coefficient (Wildman–Crippen LogP) is 1.34. The van der Waals surface area contributed by atoms with Crippen LogP contribution in [0.1, 0.15) is 20.3 Å². The van der Waals surface area contributed by atoms with Gasteiger partial charge in [0.2, 0.25) is 0 Å². The van der Waals surface area contributed by atoms with Crippen LogP contribution < -0.4 is 10.9 Å². The van der Waals surface area contributed by atoms with Crippen molar-refractivity contribution in [3.63, 3.8) is 0 Å². The molecular weight excluding hydrogens is 200 g/mol. The highest BCUT2D eigenvalue weighted by atomic mass is 16.6. The van der Waals surface area contributed by atoms with Crippen molar-refractivity contribution in [2.45, 2.75) is 20.3 Å². The summed E-state index contributed by atoms with van der Waals surface area (Å²) in [5.74, 6) is 0. The molecule has 0 rings (SSSR count). The van der Waals surface area contributed by atoms with Crippen molar-refractivity contribution < 1.29 is 19.1 Å². The van der Waals surface area contributed by atoms with Crippen molar-refractivity contribution in [2.24, 2.45) is 0 Å². The molecule has 0 aliphatic carbocycles. The summed E-state index contributed by atoms with van der Waals surface area (Å²) in [5, 5.41) is 0. The Kier molecular flexibility index (Phi) is 7.84. The molecular formula is C9H16N2O4. The molecule has 0 aliphatic heterocycles. The summed E-state index contributed by atoms with van der Waals surface area (Å²) in [5.41, 5.74) is 4.05. The van der Waals surface area contributed by atoms with Crippen LogP contribution in [0.2, 0.25) is 0 Å². The van der Waals surface area contributed by atoms with Crippen molar-refractivity contribution in [1.29, 1.82) is 0 Å². The fraction of sp³-hybridized carbons (Fsp3) is 0.556. The van der Waals surface area contributed by atoms with Crippen LogP contribution in [0.3, 0.4) is 0 Å². The molecule has 6 heteroatoms. The van der Waals surface area contributed by atoms with Gasteiger partial charge in [-0.2, -0.15) is 0 Å². The SMILES string of the molecule is C/C=C/CCOC(=O)NNC(=O)OCC. The van der Waals surface area contributed by atoms with E-state index in [-0.39, 0.29) is 13.2 Å². The van der Waals surface area contributed by atoms with E-state index in [4.69, 9.17) is 4.74 Å². The molecule has 0 aromatic rings. The Morgan fingerprint density at radius 2 is 1.80 bits per heavy atom. The van der Waals surface area contributed by atoms with E-state index in [9.17, 15) is 9.59 Å². The molecule has 0 atom stereocenters. The number of hydrogen-bond acceptors (Lipinski definition) is 4. The highest BCUT2D eigenvalue weighted by Gasteiger charge is 2.03. The number of amides is 2. The number of ether oxygens (including phenoxy) is 2. The monoisotopic (exact) mass is 216 g/mol. The first-order chi connectivity index (χ1) is 7.20. The summed E-state index contributed by atoms with van der Waals surface area (Å²) in [7, 11) is 0. The Labute approximate surface area is 88.6 Å². The molecule has 0 aliphatic rings. The van der Waals surface area contributed by atoms with Gasteiger partial charge in [0.05, 0.1) is 13.2 Å². The molecule has 2 N–H and O–H groups in total. The Hall–Kier alpha value is -1.72. The summed E-state index contributed by atoms with van der Waals surface area (Å²) in [6.45, 7) is 4.04. The van der Waals surface area contributed by atoms with E-state index in [2.05, 4.69) is 4.74 Å². The minimum Gasteiger partial charge on any atom is -0.449 e. The molecule has 15 heavy (non-hydrogen) atoms. The zero-order chi connectivity index (χ0) is 11.5. The highest BCUT2D eigenvalue weighted by molar-refractivity contribution is 5.73. The molecule has 0 saturated carbocycles. The van der Waals surface area contributed by atoms with Crippen LogP contribution in [0.4, 0.5) is 9.59 Å². The van der Waals surface area contributed by atoms with E-state index >= 15 is 0 Å². The van der Waals surface area contributed by atoms with Crippen molar-refractivity contribution in [3.8, 4) is 0 Å². The summed E-state index contributed by atoms with van der Waals surface area (Å²) < 4.78 is 9.20. The van der Waals surface area contributed by atoms with E-state index < -0.39 is 12.2 Å². The number of nitrogens with one attached hydrogen (secondary N) is 2. The Balaban J connectivity index is 3.44. The van der Waals surface area contributed by atoms with Crippen LogP contribution >= 0.6 is 0 Å². The predicted molar refractivity (Wildman–Crippen MR) is 54.1 cm³/mol. The number of hydrogen-bond donors (Lipinski definition) is 2. The lowest BCUT2D eigenvalue weighted by atomic mass is 10.4. The highest BCUT2D eigenvalue weighted by Crippen LogP contribution is 1.85. The zero-order valence-corrected chi connectivity index (χ0v) is 8.91. The molecule has 0 bridgehead atoms. The average Bonchev–Trinajstić information content (AvgIpc) is 2.22. The third-order valence-corrected chi connectivity index (χ3v) is 1.30. The van der Waals surface area contributed by atoms with E-state index in [0.717, 1.165) is 0 Å². The maximum atomic E-state index is 10.9. The summed E-state index contributed by atoms with van der Waals surface area (Å²) >= 11 is 0. The third-order valence-electron chi connectivity index (χ3n) is 1.30. The fourth-order valence-corrected chi connectivity index (χ4v) is 0.692. The van der Waals surface area contributed by atoms with Crippen LogP contribution in [-0.2, 0) is 9.47 Å². The van der Waals surface area contributed by atoms with Gasteiger partial charge in [-0.05, 0) is 20.3 Å². The molecule has 2 amide bonds. The molecule has 0 aromatic carbocycles. The number of hydrazine groups is 1. The van der Waals surface area contributed by atoms with Crippen molar-refractivity contribution in [1.82, 2.24) is 10.9 Å². The van der Waals surface area contributed by atoms with Crippen molar-refractivity contribution in [3.05, 3.63) is 12.2 Å². The van der Waals surface area contributed by atoms with Crippen molar-refractivity contribution >= 4 is 12.2 Å². The minimum absolute atomic E-state index is 0.240. The van der Waals surface area contributed by atoms with E-state index in [0.29, 0.717) is 6.42 Å². The van der Waals surface area contributed by atoms with Gasteiger partial charge in [-0.1, -0.05) is 12.2 Å². The molecule has 0 fully saturated rings. The fourth-order valence-electron chi connectivity index (χ4n) is 0.692. The second-order valence-electron chi connectivity index (χ2n) is 2.46. The van der Waals surface area contributed by atoms with Gasteiger partial charge in [0, 0.05) is 0 Å². The molecule has 0 saturated heterocycles. The molecule has 0 heterocycles. The molecule has 86 valence electrons. The molecule has 0 radical (unpaired) electrons. The van der Waals surface area contributed by atoms with Gasteiger partial charge in [0.25, 0.3) is 0 Å². The number of carbonyl (C=O) groups is 2. The Morgan fingerprint density at radius 3 is 2.33 bits per heavy atom. The topological polar surface area (TPSA) is 76.7 Å². The number of allylic oxidation sites excluding steroid dienone is 1.